The largest absolute Gasteiger partial charge is 0.481 e. The van der Waals surface area contributed by atoms with Crippen molar-refractivity contribution in [3.05, 3.63) is 0 Å². The second kappa shape index (κ2) is 12.3. The molecule has 1 aliphatic heterocycles. The summed E-state index contributed by atoms with van der Waals surface area (Å²) in [5.41, 5.74) is 5.57. The first-order valence-electron chi connectivity index (χ1n) is 9.88. The van der Waals surface area contributed by atoms with E-state index in [0.29, 0.717) is 6.42 Å². The van der Waals surface area contributed by atoms with Gasteiger partial charge in [0.25, 0.3) is 0 Å². The third-order valence-corrected chi connectivity index (χ3v) is 4.82. The first kappa shape index (κ1) is 27.3. The molecule has 0 radical (unpaired) electrons. The van der Waals surface area contributed by atoms with Crippen LogP contribution >= 0.6 is 0 Å². The summed E-state index contributed by atoms with van der Waals surface area (Å²) >= 11 is 0. The summed E-state index contributed by atoms with van der Waals surface area (Å²) in [6.07, 6.45) is -2.12. The predicted molar refractivity (Wildman–Crippen MR) is 106 cm³/mol. The van der Waals surface area contributed by atoms with Gasteiger partial charge in [-0.2, -0.15) is 0 Å². The summed E-state index contributed by atoms with van der Waals surface area (Å²) in [6, 6.07) is -5.89. The van der Waals surface area contributed by atoms with Crippen molar-refractivity contribution in [1.82, 2.24) is 15.5 Å². The number of nitrogens with zero attached hydrogens (tertiary/aromatic N) is 1. The summed E-state index contributed by atoms with van der Waals surface area (Å²) < 4.78 is 0. The van der Waals surface area contributed by atoms with E-state index in [1.807, 2.05) is 5.32 Å². The number of carboxylic acids is 4. The Morgan fingerprint density at radius 1 is 0.879 bits per heavy atom. The van der Waals surface area contributed by atoms with Crippen LogP contribution in [0.5, 0.6) is 0 Å². The molecule has 8 N–H and O–H groups in total. The maximum Gasteiger partial charge on any atom is 0.326 e. The van der Waals surface area contributed by atoms with Gasteiger partial charge in [0.1, 0.15) is 18.1 Å². The molecule has 184 valence electrons. The van der Waals surface area contributed by atoms with Crippen LogP contribution in [0.4, 0.5) is 0 Å². The standard InChI is InChI=1S/C18H26N4O11/c19-8(6-13(25)26)17(31)22-5-1-2-11(22)16(30)21-10(7-14(27)28)15(29)20-9(18(32)33)3-4-12(23)24/h8-11H,1-7,19H2,(H,20,29)(H,21,30)(H,23,24)(H,25,26)(H,27,28)(H,32,33). The normalized spacial score (nSPS) is 18.0. The summed E-state index contributed by atoms with van der Waals surface area (Å²) in [4.78, 5) is 82.5. The third-order valence-electron chi connectivity index (χ3n) is 4.82. The van der Waals surface area contributed by atoms with Crippen molar-refractivity contribution in [2.45, 2.75) is 62.7 Å². The van der Waals surface area contributed by atoms with Gasteiger partial charge >= 0.3 is 23.9 Å². The van der Waals surface area contributed by atoms with Gasteiger partial charge in [0.05, 0.1) is 18.9 Å². The Labute approximate surface area is 186 Å². The van der Waals surface area contributed by atoms with Crippen LogP contribution in [0.15, 0.2) is 0 Å². The summed E-state index contributed by atoms with van der Waals surface area (Å²) in [5, 5.41) is 39.9. The molecule has 0 aromatic heterocycles. The van der Waals surface area contributed by atoms with Gasteiger partial charge in [-0.25, -0.2) is 4.79 Å². The molecule has 0 spiro atoms. The molecular weight excluding hydrogens is 448 g/mol. The second-order valence-corrected chi connectivity index (χ2v) is 7.38. The number of carbonyl (C=O) groups excluding carboxylic acids is 3. The molecule has 1 aliphatic rings. The zero-order valence-corrected chi connectivity index (χ0v) is 17.4. The highest BCUT2D eigenvalue weighted by molar-refractivity contribution is 5.96. The molecule has 0 aromatic carbocycles. The maximum absolute atomic E-state index is 12.7. The number of amides is 3. The van der Waals surface area contributed by atoms with Crippen LogP contribution in [0.3, 0.4) is 0 Å². The minimum Gasteiger partial charge on any atom is -0.481 e. The van der Waals surface area contributed by atoms with Crippen molar-refractivity contribution in [1.29, 1.82) is 0 Å². The molecule has 0 saturated carbocycles. The molecular formula is C18H26N4O11. The van der Waals surface area contributed by atoms with Gasteiger partial charge in [-0.1, -0.05) is 0 Å². The lowest BCUT2D eigenvalue weighted by molar-refractivity contribution is -0.145. The number of aliphatic carboxylic acids is 4. The van der Waals surface area contributed by atoms with E-state index in [0.717, 1.165) is 4.90 Å². The first-order valence-corrected chi connectivity index (χ1v) is 9.88. The first-order chi connectivity index (χ1) is 15.3. The lowest BCUT2D eigenvalue weighted by Crippen LogP contribution is -2.57. The van der Waals surface area contributed by atoms with E-state index in [2.05, 4.69) is 5.32 Å². The Kier molecular flexibility index (Phi) is 10.2. The highest BCUT2D eigenvalue weighted by atomic mass is 16.4. The summed E-state index contributed by atoms with van der Waals surface area (Å²) in [7, 11) is 0. The van der Waals surface area contributed by atoms with Gasteiger partial charge in [0.15, 0.2) is 0 Å². The number of likely N-dealkylation sites (tertiary alicyclic amines) is 1. The van der Waals surface area contributed by atoms with Crippen LogP contribution < -0.4 is 16.4 Å². The smallest absolute Gasteiger partial charge is 0.326 e. The lowest BCUT2D eigenvalue weighted by atomic mass is 10.1. The number of rotatable bonds is 13. The zero-order valence-electron chi connectivity index (χ0n) is 17.4. The molecule has 1 heterocycles. The highest BCUT2D eigenvalue weighted by Crippen LogP contribution is 2.19. The van der Waals surface area contributed by atoms with Crippen LogP contribution in [-0.4, -0.2) is 97.6 Å². The van der Waals surface area contributed by atoms with Crippen molar-refractivity contribution in [3.8, 4) is 0 Å². The van der Waals surface area contributed by atoms with Crippen molar-refractivity contribution in [2.75, 3.05) is 6.54 Å². The van der Waals surface area contributed by atoms with E-state index < -0.39 is 91.4 Å². The molecule has 4 atom stereocenters. The van der Waals surface area contributed by atoms with Crippen molar-refractivity contribution < 1.29 is 54.0 Å². The Morgan fingerprint density at radius 3 is 2.00 bits per heavy atom. The Bertz CT molecular complexity index is 815. The quantitative estimate of drug-likeness (QED) is 0.143. The number of nitrogens with one attached hydrogen (secondary N) is 2. The van der Waals surface area contributed by atoms with Crippen LogP contribution in [0.1, 0.15) is 38.5 Å². The molecule has 15 nitrogen and oxygen atoms in total. The minimum atomic E-state index is -1.72. The Hall–Kier alpha value is -3.75. The van der Waals surface area contributed by atoms with Crippen LogP contribution in [0.2, 0.25) is 0 Å². The molecule has 4 unspecified atom stereocenters. The molecule has 1 saturated heterocycles. The fraction of sp³-hybridized carbons (Fsp3) is 0.611. The van der Waals surface area contributed by atoms with Gasteiger partial charge in [-0.05, 0) is 19.3 Å². The summed E-state index contributed by atoms with van der Waals surface area (Å²) in [6.45, 7) is 0.0936. The molecule has 0 aromatic rings. The number of carbonyl (C=O) groups is 7. The van der Waals surface area contributed by atoms with Crippen LogP contribution in [-0.2, 0) is 33.6 Å². The van der Waals surface area contributed by atoms with Gasteiger partial charge < -0.3 is 41.7 Å². The minimum absolute atomic E-state index is 0.0936. The molecule has 1 rings (SSSR count). The van der Waals surface area contributed by atoms with Crippen LogP contribution in [0.25, 0.3) is 0 Å². The van der Waals surface area contributed by atoms with Crippen LogP contribution in [0, 0.1) is 0 Å². The molecule has 33 heavy (non-hydrogen) atoms. The maximum atomic E-state index is 12.7. The van der Waals surface area contributed by atoms with Gasteiger partial charge in [-0.15, -0.1) is 0 Å². The van der Waals surface area contributed by atoms with E-state index >= 15 is 0 Å². The van der Waals surface area contributed by atoms with Gasteiger partial charge in [-0.3, -0.25) is 28.8 Å². The van der Waals surface area contributed by atoms with E-state index in [9.17, 15) is 33.6 Å². The fourth-order valence-electron chi connectivity index (χ4n) is 3.24. The van der Waals surface area contributed by atoms with E-state index in [1.165, 1.54) is 0 Å². The van der Waals surface area contributed by atoms with E-state index in [4.69, 9.17) is 26.2 Å². The topological polar surface area (TPSA) is 254 Å². The monoisotopic (exact) mass is 474 g/mol. The fourth-order valence-corrected chi connectivity index (χ4v) is 3.24. The van der Waals surface area contributed by atoms with Crippen molar-refractivity contribution in [3.63, 3.8) is 0 Å². The van der Waals surface area contributed by atoms with Gasteiger partial charge in [0.2, 0.25) is 17.7 Å². The third kappa shape index (κ3) is 8.72. The molecule has 3 amide bonds. The molecule has 0 bridgehead atoms. The molecule has 0 aliphatic carbocycles. The predicted octanol–water partition coefficient (Wildman–Crippen LogP) is -2.83. The number of nitrogens with two attached hydrogens (primary N) is 1. The Morgan fingerprint density at radius 2 is 1.48 bits per heavy atom. The zero-order chi connectivity index (χ0) is 25.3. The van der Waals surface area contributed by atoms with Gasteiger partial charge in [0, 0.05) is 13.0 Å². The SMILES string of the molecule is NC(CC(=O)O)C(=O)N1CCCC1C(=O)NC(CC(=O)O)C(=O)NC(CCC(=O)O)C(=O)O. The molecule has 15 heteroatoms. The van der Waals surface area contributed by atoms with E-state index in [1.54, 1.807) is 0 Å². The second-order valence-electron chi connectivity index (χ2n) is 7.38. The molecule has 1 fully saturated rings. The van der Waals surface area contributed by atoms with Crippen molar-refractivity contribution >= 4 is 41.6 Å². The Balaban J connectivity index is 2.92. The highest BCUT2D eigenvalue weighted by Gasteiger charge is 2.38. The lowest BCUT2D eigenvalue weighted by Gasteiger charge is -2.28. The number of hydrogen-bond donors (Lipinski definition) is 7. The number of carboxylic acid groups (broad SMARTS) is 4. The van der Waals surface area contributed by atoms with Crippen molar-refractivity contribution in [2.24, 2.45) is 5.73 Å². The average molecular weight is 474 g/mol. The average Bonchev–Trinajstić information content (AvgIpc) is 3.18. The number of hydrogen-bond acceptors (Lipinski definition) is 8. The van der Waals surface area contributed by atoms with E-state index in [-0.39, 0.29) is 13.0 Å². The summed E-state index contributed by atoms with van der Waals surface area (Å²) in [5.74, 6) is -8.53.